The van der Waals surface area contributed by atoms with Crippen molar-refractivity contribution in [3.8, 4) is 0 Å². The van der Waals surface area contributed by atoms with E-state index in [9.17, 15) is 14.7 Å². The van der Waals surface area contributed by atoms with Crippen molar-refractivity contribution in [1.82, 2.24) is 10.2 Å². The van der Waals surface area contributed by atoms with Crippen molar-refractivity contribution in [3.05, 3.63) is 64.7 Å². The lowest BCUT2D eigenvalue weighted by Gasteiger charge is -2.41. The molecule has 2 N–H and O–H groups in total. The second-order valence-corrected chi connectivity index (χ2v) is 8.17. The Hall–Kier alpha value is -2.57. The van der Waals surface area contributed by atoms with Crippen molar-refractivity contribution < 1.29 is 14.7 Å². The number of amides is 2. The van der Waals surface area contributed by atoms with E-state index in [4.69, 9.17) is 11.6 Å². The summed E-state index contributed by atoms with van der Waals surface area (Å²) in [6.45, 7) is 3.23. The van der Waals surface area contributed by atoms with Crippen LogP contribution >= 0.6 is 11.6 Å². The molecule has 2 heterocycles. The number of nitrogens with zero attached hydrogens (tertiary/aromatic N) is 2. The molecule has 29 heavy (non-hydrogen) atoms. The van der Waals surface area contributed by atoms with E-state index in [0.29, 0.717) is 30.6 Å². The Morgan fingerprint density at radius 3 is 2.31 bits per heavy atom. The van der Waals surface area contributed by atoms with Gasteiger partial charge < -0.3 is 20.2 Å². The van der Waals surface area contributed by atoms with E-state index >= 15 is 0 Å². The van der Waals surface area contributed by atoms with Crippen LogP contribution in [0.15, 0.2) is 48.5 Å². The van der Waals surface area contributed by atoms with Gasteiger partial charge in [-0.2, -0.15) is 0 Å². The van der Waals surface area contributed by atoms with E-state index in [1.54, 1.807) is 4.90 Å². The number of fused-ring (bicyclic) bond motifs is 1. The van der Waals surface area contributed by atoms with Crippen molar-refractivity contribution in [3.63, 3.8) is 0 Å². The normalized spacial score (nSPS) is 16.9. The summed E-state index contributed by atoms with van der Waals surface area (Å²) in [4.78, 5) is 28.5. The molecule has 1 fully saturated rings. The van der Waals surface area contributed by atoms with Crippen LogP contribution in [-0.2, 0) is 22.7 Å². The molecule has 2 aliphatic heterocycles. The van der Waals surface area contributed by atoms with E-state index in [-0.39, 0.29) is 12.3 Å². The first-order chi connectivity index (χ1) is 14.0. The number of hydrogen-bond acceptors (Lipinski definition) is 4. The predicted molar refractivity (Wildman–Crippen MR) is 111 cm³/mol. The van der Waals surface area contributed by atoms with E-state index in [0.717, 1.165) is 29.9 Å². The molecule has 0 bridgehead atoms. The highest BCUT2D eigenvalue weighted by molar-refractivity contribution is 6.30. The van der Waals surface area contributed by atoms with Crippen LogP contribution < -0.4 is 10.2 Å². The molecule has 2 amide bonds. The number of benzene rings is 2. The molecule has 4 rings (SSSR count). The molecule has 2 aromatic rings. The monoisotopic (exact) mass is 413 g/mol. The quantitative estimate of drug-likeness (QED) is 0.761. The third-order valence-electron chi connectivity index (χ3n) is 5.58. The number of anilines is 1. The standard InChI is InChI=1S/C22H24ClN3O3/c23-18-5-7-19(8-6-18)25-11-15(12-25)10-24-22(29)20(27)9-21(28)26-13-16-3-1-2-4-17(16)14-26/h1-8,15,20,27H,9-14H2,(H,24,29)/t20-/m1/s1. The van der Waals surface area contributed by atoms with Crippen molar-refractivity contribution >= 4 is 29.1 Å². The van der Waals surface area contributed by atoms with Gasteiger partial charge in [0, 0.05) is 49.4 Å². The molecule has 0 aromatic heterocycles. The third kappa shape index (κ3) is 4.54. The molecule has 1 atom stereocenters. The van der Waals surface area contributed by atoms with Crippen molar-refractivity contribution in [2.45, 2.75) is 25.6 Å². The zero-order valence-corrected chi connectivity index (χ0v) is 16.8. The molecule has 2 aliphatic rings. The fourth-order valence-corrected chi connectivity index (χ4v) is 3.95. The summed E-state index contributed by atoms with van der Waals surface area (Å²) in [6.07, 6.45) is -1.51. The summed E-state index contributed by atoms with van der Waals surface area (Å²) >= 11 is 5.90. The molecule has 7 heteroatoms. The molecule has 0 spiro atoms. The van der Waals surface area contributed by atoms with Gasteiger partial charge in [-0.25, -0.2) is 0 Å². The minimum atomic E-state index is -1.32. The smallest absolute Gasteiger partial charge is 0.249 e. The lowest BCUT2D eigenvalue weighted by Crippen LogP contribution is -2.52. The average Bonchev–Trinajstić information content (AvgIpc) is 3.12. The molecule has 2 aromatic carbocycles. The fraction of sp³-hybridized carbons (Fsp3) is 0.364. The Bertz CT molecular complexity index is 871. The van der Waals surface area contributed by atoms with Crippen LogP contribution in [0.2, 0.25) is 5.02 Å². The third-order valence-corrected chi connectivity index (χ3v) is 5.83. The highest BCUT2D eigenvalue weighted by Gasteiger charge is 2.30. The minimum absolute atomic E-state index is 0.193. The van der Waals surface area contributed by atoms with Gasteiger partial charge in [-0.1, -0.05) is 35.9 Å². The summed E-state index contributed by atoms with van der Waals surface area (Å²) in [6, 6.07) is 15.6. The number of hydrogen-bond donors (Lipinski definition) is 2. The fourth-order valence-electron chi connectivity index (χ4n) is 3.82. The van der Waals surface area contributed by atoms with E-state index in [1.807, 2.05) is 48.5 Å². The number of aliphatic hydroxyl groups is 1. The Labute approximate surface area is 175 Å². The van der Waals surface area contributed by atoms with Gasteiger partial charge in [-0.05, 0) is 35.4 Å². The highest BCUT2D eigenvalue weighted by Crippen LogP contribution is 2.26. The second-order valence-electron chi connectivity index (χ2n) is 7.73. The van der Waals surface area contributed by atoms with Gasteiger partial charge in [0.2, 0.25) is 11.8 Å². The van der Waals surface area contributed by atoms with Gasteiger partial charge >= 0.3 is 0 Å². The van der Waals surface area contributed by atoms with Gasteiger partial charge in [0.15, 0.2) is 0 Å². The SMILES string of the molecule is O=C(NCC1CN(c2ccc(Cl)cc2)C1)[C@H](O)CC(=O)N1Cc2ccccc2C1. The minimum Gasteiger partial charge on any atom is -0.383 e. The number of halogens is 1. The first-order valence-corrected chi connectivity index (χ1v) is 10.2. The summed E-state index contributed by atoms with van der Waals surface area (Å²) in [5.74, 6) is -0.368. The van der Waals surface area contributed by atoms with Gasteiger partial charge in [0.1, 0.15) is 6.10 Å². The topological polar surface area (TPSA) is 72.9 Å². The van der Waals surface area contributed by atoms with Crippen molar-refractivity contribution in [2.24, 2.45) is 5.92 Å². The lowest BCUT2D eigenvalue weighted by molar-refractivity contribution is -0.140. The molecule has 0 saturated carbocycles. The Balaban J connectivity index is 1.18. The largest absolute Gasteiger partial charge is 0.383 e. The Kier molecular flexibility index (Phi) is 5.74. The van der Waals surface area contributed by atoms with Crippen LogP contribution in [0.25, 0.3) is 0 Å². The van der Waals surface area contributed by atoms with Crippen LogP contribution in [-0.4, -0.2) is 47.6 Å². The van der Waals surface area contributed by atoms with E-state index < -0.39 is 12.0 Å². The van der Waals surface area contributed by atoms with Gasteiger partial charge in [-0.3, -0.25) is 9.59 Å². The first-order valence-electron chi connectivity index (χ1n) is 9.80. The lowest BCUT2D eigenvalue weighted by atomic mass is 9.99. The van der Waals surface area contributed by atoms with Crippen molar-refractivity contribution in [2.75, 3.05) is 24.5 Å². The predicted octanol–water partition coefficient (Wildman–Crippen LogP) is 2.19. The summed E-state index contributed by atoms with van der Waals surface area (Å²) < 4.78 is 0. The highest BCUT2D eigenvalue weighted by atomic mass is 35.5. The van der Waals surface area contributed by atoms with Crippen LogP contribution in [0.3, 0.4) is 0 Å². The number of carbonyl (C=O) groups excluding carboxylic acids is 2. The molecular formula is C22H24ClN3O3. The summed E-state index contributed by atoms with van der Waals surface area (Å²) in [5.41, 5.74) is 3.35. The maximum atomic E-state index is 12.4. The van der Waals surface area contributed by atoms with Crippen LogP contribution in [0.4, 0.5) is 5.69 Å². The number of aliphatic hydroxyl groups excluding tert-OH is 1. The summed E-state index contributed by atoms with van der Waals surface area (Å²) in [5, 5.41) is 13.6. The number of rotatable bonds is 6. The zero-order valence-electron chi connectivity index (χ0n) is 16.1. The molecule has 0 unspecified atom stereocenters. The Morgan fingerprint density at radius 2 is 1.69 bits per heavy atom. The molecule has 6 nitrogen and oxygen atoms in total. The summed E-state index contributed by atoms with van der Waals surface area (Å²) in [7, 11) is 0. The number of carbonyl (C=O) groups is 2. The molecule has 0 aliphatic carbocycles. The molecule has 0 radical (unpaired) electrons. The Morgan fingerprint density at radius 1 is 1.07 bits per heavy atom. The maximum absolute atomic E-state index is 12.4. The van der Waals surface area contributed by atoms with Crippen LogP contribution in [0.1, 0.15) is 17.5 Å². The molecular weight excluding hydrogens is 390 g/mol. The van der Waals surface area contributed by atoms with Gasteiger partial charge in [0.05, 0.1) is 6.42 Å². The van der Waals surface area contributed by atoms with Gasteiger partial charge in [0.25, 0.3) is 0 Å². The molecule has 1 saturated heterocycles. The molecule has 152 valence electrons. The maximum Gasteiger partial charge on any atom is 0.249 e. The van der Waals surface area contributed by atoms with Gasteiger partial charge in [-0.15, -0.1) is 0 Å². The zero-order chi connectivity index (χ0) is 20.4. The van der Waals surface area contributed by atoms with Crippen molar-refractivity contribution in [1.29, 1.82) is 0 Å². The first kappa shape index (κ1) is 19.7. The van der Waals surface area contributed by atoms with Crippen LogP contribution in [0.5, 0.6) is 0 Å². The van der Waals surface area contributed by atoms with E-state index in [2.05, 4.69) is 10.2 Å². The number of nitrogens with one attached hydrogen (secondary N) is 1. The van der Waals surface area contributed by atoms with Crippen LogP contribution in [0, 0.1) is 5.92 Å². The van der Waals surface area contributed by atoms with E-state index in [1.165, 1.54) is 0 Å². The average molecular weight is 414 g/mol. The second kappa shape index (κ2) is 8.43.